The first kappa shape index (κ1) is 16.4. The molecular formula is C17H18FN3O3S. The van der Waals surface area contributed by atoms with Crippen LogP contribution in [-0.4, -0.2) is 26.1 Å². The van der Waals surface area contributed by atoms with Crippen LogP contribution in [0, 0.1) is 11.7 Å². The van der Waals surface area contributed by atoms with Crippen LogP contribution in [0.4, 0.5) is 4.39 Å². The maximum absolute atomic E-state index is 14.4. The van der Waals surface area contributed by atoms with Gasteiger partial charge in [0.25, 0.3) is 5.56 Å². The Kier molecular flexibility index (Phi) is 3.78. The lowest BCUT2D eigenvalue weighted by Crippen LogP contribution is -2.44. The quantitative estimate of drug-likeness (QED) is 0.833. The molecule has 1 aromatic heterocycles. The Bertz CT molecular complexity index is 1020. The molecule has 1 saturated heterocycles. The Morgan fingerprint density at radius 2 is 2.00 bits per heavy atom. The predicted octanol–water partition coefficient (Wildman–Crippen LogP) is 1.01. The molecule has 2 aliphatic heterocycles. The van der Waals surface area contributed by atoms with Gasteiger partial charge in [0.1, 0.15) is 5.82 Å². The summed E-state index contributed by atoms with van der Waals surface area (Å²) in [6, 6.07) is 6.74. The first-order valence-electron chi connectivity index (χ1n) is 8.11. The lowest BCUT2D eigenvalue weighted by Gasteiger charge is -2.37. The molecule has 0 saturated carbocycles. The van der Waals surface area contributed by atoms with Gasteiger partial charge in [-0.15, -0.1) is 0 Å². The van der Waals surface area contributed by atoms with Crippen molar-refractivity contribution in [3.63, 3.8) is 0 Å². The van der Waals surface area contributed by atoms with Crippen LogP contribution in [0.2, 0.25) is 0 Å². The summed E-state index contributed by atoms with van der Waals surface area (Å²) in [5, 5.41) is 8.40. The van der Waals surface area contributed by atoms with Crippen LogP contribution in [-0.2, 0) is 16.6 Å². The van der Waals surface area contributed by atoms with Crippen molar-refractivity contribution in [1.82, 2.24) is 9.88 Å². The molecule has 0 spiro atoms. The van der Waals surface area contributed by atoms with Crippen molar-refractivity contribution in [1.29, 1.82) is 0 Å². The largest absolute Gasteiger partial charge is 0.316 e. The number of hydrogen-bond acceptors (Lipinski definition) is 4. The molecule has 2 atom stereocenters. The Morgan fingerprint density at radius 3 is 2.72 bits per heavy atom. The molecule has 0 unspecified atom stereocenters. The molecule has 2 aliphatic rings. The van der Waals surface area contributed by atoms with Gasteiger partial charge in [0.05, 0.1) is 4.90 Å². The molecule has 132 valence electrons. The van der Waals surface area contributed by atoms with E-state index >= 15 is 0 Å². The third-order valence-corrected chi connectivity index (χ3v) is 5.95. The number of fused-ring (bicyclic) bond motifs is 4. The van der Waals surface area contributed by atoms with E-state index in [1.165, 1.54) is 18.2 Å². The molecular weight excluding hydrogens is 345 g/mol. The van der Waals surface area contributed by atoms with Gasteiger partial charge in [0.15, 0.2) is 0 Å². The number of nitrogens with one attached hydrogen (secondary N) is 1. The highest BCUT2D eigenvalue weighted by atomic mass is 32.2. The van der Waals surface area contributed by atoms with E-state index in [0.29, 0.717) is 18.0 Å². The number of primary sulfonamides is 1. The molecule has 6 nitrogen and oxygen atoms in total. The summed E-state index contributed by atoms with van der Waals surface area (Å²) in [5.74, 6) is -0.0428. The number of halogens is 1. The van der Waals surface area contributed by atoms with Gasteiger partial charge in [0, 0.05) is 36.3 Å². The Labute approximate surface area is 144 Å². The van der Waals surface area contributed by atoms with Crippen LogP contribution in [0.1, 0.15) is 18.0 Å². The van der Waals surface area contributed by atoms with Crippen LogP contribution in [0.25, 0.3) is 11.1 Å². The second kappa shape index (κ2) is 5.76. The monoisotopic (exact) mass is 363 g/mol. The summed E-state index contributed by atoms with van der Waals surface area (Å²) in [6.45, 7) is 2.38. The summed E-state index contributed by atoms with van der Waals surface area (Å²) >= 11 is 0. The number of nitrogens with zero attached hydrogens (tertiary/aromatic N) is 1. The van der Waals surface area contributed by atoms with Crippen LogP contribution >= 0.6 is 0 Å². The van der Waals surface area contributed by atoms with Crippen molar-refractivity contribution in [2.45, 2.75) is 23.8 Å². The van der Waals surface area contributed by atoms with E-state index < -0.39 is 15.8 Å². The third kappa shape index (κ3) is 2.90. The second-order valence-electron chi connectivity index (χ2n) is 6.76. The van der Waals surface area contributed by atoms with E-state index in [4.69, 9.17) is 5.14 Å². The minimum absolute atomic E-state index is 0.154. The number of rotatable bonds is 2. The summed E-state index contributed by atoms with van der Waals surface area (Å²) in [4.78, 5) is 12.2. The molecule has 1 fully saturated rings. The van der Waals surface area contributed by atoms with Gasteiger partial charge in [-0.3, -0.25) is 4.79 Å². The number of aromatic nitrogens is 1. The van der Waals surface area contributed by atoms with Crippen LogP contribution in [0.5, 0.6) is 0 Å². The fourth-order valence-electron chi connectivity index (χ4n) is 3.87. The highest BCUT2D eigenvalue weighted by Crippen LogP contribution is 2.34. The van der Waals surface area contributed by atoms with Gasteiger partial charge >= 0.3 is 0 Å². The SMILES string of the molecule is NS(=O)(=O)c1ccc(-c2cc3n(c(=O)c2)C[C@@H]2CNC[C@H]3C2)c(F)c1. The summed E-state index contributed by atoms with van der Waals surface area (Å²) in [6.07, 6.45) is 1.02. The number of pyridine rings is 1. The maximum Gasteiger partial charge on any atom is 0.251 e. The van der Waals surface area contributed by atoms with Crippen LogP contribution < -0.4 is 16.0 Å². The Balaban J connectivity index is 1.83. The fourth-order valence-corrected chi connectivity index (χ4v) is 4.39. The summed E-state index contributed by atoms with van der Waals surface area (Å²) in [5.41, 5.74) is 1.40. The van der Waals surface area contributed by atoms with Crippen molar-refractivity contribution in [3.05, 3.63) is 52.2 Å². The third-order valence-electron chi connectivity index (χ3n) is 5.04. The Morgan fingerprint density at radius 1 is 1.20 bits per heavy atom. The zero-order valence-corrected chi connectivity index (χ0v) is 14.2. The van der Waals surface area contributed by atoms with Gasteiger partial charge in [-0.2, -0.15) is 0 Å². The molecule has 3 heterocycles. The fraction of sp³-hybridized carbons (Fsp3) is 0.353. The molecule has 2 bridgehead atoms. The molecule has 25 heavy (non-hydrogen) atoms. The molecule has 2 aromatic rings. The Hall–Kier alpha value is -2.03. The molecule has 8 heteroatoms. The van der Waals surface area contributed by atoms with Crippen molar-refractivity contribution < 1.29 is 12.8 Å². The molecule has 0 aliphatic carbocycles. The van der Waals surface area contributed by atoms with Gasteiger partial charge in [-0.25, -0.2) is 17.9 Å². The molecule has 1 aromatic carbocycles. The van der Waals surface area contributed by atoms with Gasteiger partial charge in [-0.1, -0.05) is 6.07 Å². The van der Waals surface area contributed by atoms with Crippen molar-refractivity contribution in [2.75, 3.05) is 13.1 Å². The van der Waals surface area contributed by atoms with E-state index in [0.717, 1.165) is 31.3 Å². The minimum atomic E-state index is -3.97. The van der Waals surface area contributed by atoms with E-state index in [-0.39, 0.29) is 21.9 Å². The standard InChI is InChI=1S/C17H18FN3O3S/c18-15-6-13(25(19,23)24)1-2-14(15)11-4-16-12-3-10(7-20-8-12)9-21(16)17(22)5-11/h1-2,4-6,10,12,20H,3,7-9H2,(H2,19,23,24)/t10-,12+/m0/s1. The first-order chi connectivity index (χ1) is 11.8. The summed E-state index contributed by atoms with van der Waals surface area (Å²) in [7, 11) is -3.97. The number of piperidine rings is 1. The maximum atomic E-state index is 14.4. The average molecular weight is 363 g/mol. The average Bonchev–Trinajstić information content (AvgIpc) is 2.55. The summed E-state index contributed by atoms with van der Waals surface area (Å²) < 4.78 is 38.9. The number of sulfonamides is 1. The molecule has 3 N–H and O–H groups in total. The lowest BCUT2D eigenvalue weighted by atomic mass is 9.83. The van der Waals surface area contributed by atoms with Crippen molar-refractivity contribution >= 4 is 10.0 Å². The van der Waals surface area contributed by atoms with E-state index in [1.54, 1.807) is 4.57 Å². The smallest absolute Gasteiger partial charge is 0.251 e. The van der Waals surface area contributed by atoms with Gasteiger partial charge in [0.2, 0.25) is 10.0 Å². The van der Waals surface area contributed by atoms with E-state index in [2.05, 4.69) is 5.32 Å². The van der Waals surface area contributed by atoms with Crippen molar-refractivity contribution in [3.8, 4) is 11.1 Å². The van der Waals surface area contributed by atoms with Gasteiger partial charge < -0.3 is 9.88 Å². The molecule has 4 rings (SSSR count). The lowest BCUT2D eigenvalue weighted by molar-refractivity contribution is 0.257. The van der Waals surface area contributed by atoms with Crippen LogP contribution in [0.15, 0.2) is 40.0 Å². The number of benzene rings is 1. The normalized spacial score (nSPS) is 22.5. The minimum Gasteiger partial charge on any atom is -0.316 e. The number of nitrogens with two attached hydrogens (primary N) is 1. The highest BCUT2D eigenvalue weighted by molar-refractivity contribution is 7.89. The second-order valence-corrected chi connectivity index (χ2v) is 8.32. The van der Waals surface area contributed by atoms with Crippen molar-refractivity contribution in [2.24, 2.45) is 11.1 Å². The molecule has 0 amide bonds. The topological polar surface area (TPSA) is 94.2 Å². The first-order valence-corrected chi connectivity index (χ1v) is 9.66. The zero-order valence-electron chi connectivity index (χ0n) is 13.4. The van der Waals surface area contributed by atoms with E-state index in [9.17, 15) is 17.6 Å². The predicted molar refractivity (Wildman–Crippen MR) is 91.2 cm³/mol. The van der Waals surface area contributed by atoms with E-state index in [1.807, 2.05) is 6.07 Å². The van der Waals surface area contributed by atoms with Crippen LogP contribution in [0.3, 0.4) is 0 Å². The zero-order chi connectivity index (χ0) is 17.8. The van der Waals surface area contributed by atoms with Gasteiger partial charge in [-0.05, 0) is 42.6 Å². The highest BCUT2D eigenvalue weighted by Gasteiger charge is 2.31. The number of hydrogen-bond donors (Lipinski definition) is 2. The molecule has 0 radical (unpaired) electrons.